The van der Waals surface area contributed by atoms with Crippen molar-refractivity contribution in [3.63, 3.8) is 0 Å². The zero-order chi connectivity index (χ0) is 13.0. The Bertz CT molecular complexity index is 300. The van der Waals surface area contributed by atoms with Crippen LogP contribution >= 0.6 is 11.8 Å². The molecule has 2 rings (SSSR count). The molecule has 1 aliphatic heterocycles. The molecule has 1 saturated heterocycles. The number of ether oxygens (including phenoxy) is 1. The lowest BCUT2D eigenvalue weighted by Crippen LogP contribution is -2.41. The molecule has 2 aliphatic rings. The highest BCUT2D eigenvalue weighted by Gasteiger charge is 2.41. The van der Waals surface area contributed by atoms with Crippen LogP contribution in [-0.4, -0.2) is 37.2 Å². The third-order valence-electron chi connectivity index (χ3n) is 4.13. The number of hydrogen-bond acceptors (Lipinski definition) is 3. The highest BCUT2D eigenvalue weighted by atomic mass is 32.2. The van der Waals surface area contributed by atoms with Gasteiger partial charge in [-0.2, -0.15) is 0 Å². The summed E-state index contributed by atoms with van der Waals surface area (Å²) >= 11 is 1.88. The second-order valence-corrected chi connectivity index (χ2v) is 7.08. The summed E-state index contributed by atoms with van der Waals surface area (Å²) < 4.78 is 5.19. The van der Waals surface area contributed by atoms with E-state index in [1.165, 1.54) is 36.6 Å². The van der Waals surface area contributed by atoms with Crippen molar-refractivity contribution in [3.05, 3.63) is 0 Å². The number of nitrogens with one attached hydrogen (secondary N) is 1. The molecule has 1 heterocycles. The molecule has 0 aromatic carbocycles. The Kier molecular flexibility index (Phi) is 4.96. The molecule has 1 saturated carbocycles. The highest BCUT2D eigenvalue weighted by Crippen LogP contribution is 2.49. The van der Waals surface area contributed by atoms with Gasteiger partial charge in [-0.15, -0.1) is 0 Å². The van der Waals surface area contributed by atoms with Crippen LogP contribution in [-0.2, 0) is 4.74 Å². The molecule has 0 spiro atoms. The predicted molar refractivity (Wildman–Crippen MR) is 79.3 cm³/mol. The number of rotatable bonds is 6. The maximum absolute atomic E-state index is 5.19. The Labute approximate surface area is 115 Å². The molecule has 0 aromatic rings. The van der Waals surface area contributed by atoms with Crippen molar-refractivity contribution in [3.8, 4) is 0 Å². The molecule has 0 bridgehead atoms. The minimum Gasteiger partial charge on any atom is -0.385 e. The zero-order valence-electron chi connectivity index (χ0n) is 11.9. The van der Waals surface area contributed by atoms with Gasteiger partial charge in [0.15, 0.2) is 5.17 Å². The van der Waals surface area contributed by atoms with E-state index >= 15 is 0 Å². The molecule has 1 atom stereocenters. The first-order chi connectivity index (χ1) is 8.65. The van der Waals surface area contributed by atoms with Gasteiger partial charge >= 0.3 is 0 Å². The van der Waals surface area contributed by atoms with E-state index in [1.54, 1.807) is 7.11 Å². The molecule has 18 heavy (non-hydrogen) atoms. The lowest BCUT2D eigenvalue weighted by atomic mass is 10.0. The first-order valence-electron chi connectivity index (χ1n) is 7.08. The summed E-state index contributed by atoms with van der Waals surface area (Å²) in [5.74, 6) is 1.90. The molecule has 0 aromatic heterocycles. The Hall–Kier alpha value is -0.220. The third kappa shape index (κ3) is 3.89. The Morgan fingerprint density at radius 1 is 1.50 bits per heavy atom. The summed E-state index contributed by atoms with van der Waals surface area (Å²) in [4.78, 5) is 4.82. The molecule has 2 fully saturated rings. The average Bonchev–Trinajstić information content (AvgIpc) is 3.15. The summed E-state index contributed by atoms with van der Waals surface area (Å²) in [6.07, 6.45) is 5.07. The van der Waals surface area contributed by atoms with Crippen LogP contribution in [0.5, 0.6) is 0 Å². The fourth-order valence-corrected chi connectivity index (χ4v) is 3.32. The van der Waals surface area contributed by atoms with E-state index < -0.39 is 0 Å². The van der Waals surface area contributed by atoms with E-state index in [-0.39, 0.29) is 0 Å². The van der Waals surface area contributed by atoms with Gasteiger partial charge in [-0.05, 0) is 37.0 Å². The van der Waals surface area contributed by atoms with E-state index in [0.717, 1.165) is 13.2 Å². The number of amidine groups is 1. The minimum absolute atomic E-state index is 0.468. The van der Waals surface area contributed by atoms with E-state index in [4.69, 9.17) is 9.73 Å². The average molecular weight is 270 g/mol. The van der Waals surface area contributed by atoms with Crippen LogP contribution in [0.4, 0.5) is 0 Å². The lowest BCUT2D eigenvalue weighted by Gasteiger charge is -2.28. The second-order valence-electron chi connectivity index (χ2n) is 6.00. The number of methoxy groups -OCH3 is 1. The van der Waals surface area contributed by atoms with E-state index in [2.05, 4.69) is 19.2 Å². The minimum atomic E-state index is 0.468. The van der Waals surface area contributed by atoms with Crippen LogP contribution in [0.1, 0.15) is 39.5 Å². The molecular weight excluding hydrogens is 244 g/mol. The SMILES string of the molecule is COCCC1(CN=C2NC(C(C)C)CCS2)CC1. The van der Waals surface area contributed by atoms with Crippen LogP contribution in [0.25, 0.3) is 0 Å². The van der Waals surface area contributed by atoms with Gasteiger partial charge in [0, 0.05) is 32.1 Å². The van der Waals surface area contributed by atoms with E-state index in [1.807, 2.05) is 11.8 Å². The smallest absolute Gasteiger partial charge is 0.156 e. The summed E-state index contributed by atoms with van der Waals surface area (Å²) in [5.41, 5.74) is 0.468. The van der Waals surface area contributed by atoms with E-state index in [9.17, 15) is 0 Å². The first-order valence-corrected chi connectivity index (χ1v) is 8.06. The Balaban J connectivity index is 1.82. The molecule has 0 amide bonds. The van der Waals surface area contributed by atoms with Crippen LogP contribution < -0.4 is 5.32 Å². The number of nitrogens with zero attached hydrogens (tertiary/aromatic N) is 1. The van der Waals surface area contributed by atoms with Gasteiger partial charge in [-0.3, -0.25) is 4.99 Å². The van der Waals surface area contributed by atoms with Crippen molar-refractivity contribution in [2.24, 2.45) is 16.3 Å². The summed E-state index contributed by atoms with van der Waals surface area (Å²) in [6, 6.07) is 0.610. The van der Waals surface area contributed by atoms with Crippen molar-refractivity contribution in [1.29, 1.82) is 0 Å². The lowest BCUT2D eigenvalue weighted by molar-refractivity contribution is 0.174. The van der Waals surface area contributed by atoms with Crippen LogP contribution in [0.3, 0.4) is 0 Å². The topological polar surface area (TPSA) is 33.6 Å². The van der Waals surface area contributed by atoms with Crippen LogP contribution in [0.15, 0.2) is 4.99 Å². The summed E-state index contributed by atoms with van der Waals surface area (Å²) in [7, 11) is 1.79. The van der Waals surface area contributed by atoms with Gasteiger partial charge in [0.2, 0.25) is 0 Å². The molecule has 3 nitrogen and oxygen atoms in total. The molecule has 1 N–H and O–H groups in total. The molecule has 4 heteroatoms. The van der Waals surface area contributed by atoms with Crippen molar-refractivity contribution in [2.45, 2.75) is 45.6 Å². The van der Waals surface area contributed by atoms with Gasteiger partial charge in [0.25, 0.3) is 0 Å². The number of aliphatic imine (C=N–C) groups is 1. The predicted octanol–water partition coefficient (Wildman–Crippen LogP) is 2.91. The summed E-state index contributed by atoms with van der Waals surface area (Å²) in [5, 5.41) is 4.76. The van der Waals surface area contributed by atoms with Crippen molar-refractivity contribution >= 4 is 16.9 Å². The van der Waals surface area contributed by atoms with Gasteiger partial charge in [0.05, 0.1) is 0 Å². The quantitative estimate of drug-likeness (QED) is 0.806. The Morgan fingerprint density at radius 2 is 2.28 bits per heavy atom. The van der Waals surface area contributed by atoms with Crippen molar-refractivity contribution < 1.29 is 4.74 Å². The largest absolute Gasteiger partial charge is 0.385 e. The maximum Gasteiger partial charge on any atom is 0.156 e. The monoisotopic (exact) mass is 270 g/mol. The van der Waals surface area contributed by atoms with Crippen molar-refractivity contribution in [2.75, 3.05) is 26.0 Å². The van der Waals surface area contributed by atoms with Gasteiger partial charge < -0.3 is 10.1 Å². The summed E-state index contributed by atoms with van der Waals surface area (Å²) in [6.45, 7) is 6.43. The molecular formula is C14H26N2OS. The normalized spacial score (nSPS) is 28.4. The molecule has 1 unspecified atom stereocenters. The van der Waals surface area contributed by atoms with Crippen LogP contribution in [0.2, 0.25) is 0 Å². The highest BCUT2D eigenvalue weighted by molar-refractivity contribution is 8.13. The van der Waals surface area contributed by atoms with Crippen LogP contribution in [0, 0.1) is 11.3 Å². The standard InChI is InChI=1S/C14H26N2OS/c1-11(2)12-4-9-18-13(16-12)15-10-14(5-6-14)7-8-17-3/h11-12H,4-10H2,1-3H3,(H,15,16). The van der Waals surface area contributed by atoms with Gasteiger partial charge in [-0.1, -0.05) is 25.6 Å². The van der Waals surface area contributed by atoms with Gasteiger partial charge in [-0.25, -0.2) is 0 Å². The number of hydrogen-bond donors (Lipinski definition) is 1. The Morgan fingerprint density at radius 3 is 2.89 bits per heavy atom. The third-order valence-corrected chi connectivity index (χ3v) is 5.09. The second kappa shape index (κ2) is 6.29. The molecule has 104 valence electrons. The maximum atomic E-state index is 5.19. The van der Waals surface area contributed by atoms with Gasteiger partial charge in [0.1, 0.15) is 0 Å². The fourth-order valence-electron chi connectivity index (χ4n) is 2.37. The number of thioether (sulfide) groups is 1. The van der Waals surface area contributed by atoms with E-state index in [0.29, 0.717) is 17.4 Å². The molecule has 1 aliphatic carbocycles. The molecule has 0 radical (unpaired) electrons. The zero-order valence-corrected chi connectivity index (χ0v) is 12.7. The first kappa shape index (κ1) is 14.2. The fraction of sp³-hybridized carbons (Fsp3) is 0.929. The van der Waals surface area contributed by atoms with Crippen molar-refractivity contribution in [1.82, 2.24) is 5.32 Å².